The SMILES string of the molecule is CCCCN(CCCC)S(=O)(=O)c1ccc(CNc2ccccc2[OH+]C(C)C)c([CH]=[Ru]([Cl])[Cl])c1.Cc1cc(C)c(N2[CH-]N(c3c(C)cc(C)cc3C)CC2)c(C)c1. The molecule has 0 radical (unpaired) electrons. The van der Waals surface area contributed by atoms with Crippen LogP contribution in [0.3, 0.4) is 0 Å². The normalized spacial score (nSPS) is 13.2. The summed E-state index contributed by atoms with van der Waals surface area (Å²) in [6.07, 6.45) is 3.74. The van der Waals surface area contributed by atoms with Crippen molar-refractivity contribution in [2.75, 3.05) is 41.3 Å². The van der Waals surface area contributed by atoms with Crippen LogP contribution in [0.1, 0.15) is 97.9 Å². The van der Waals surface area contributed by atoms with Gasteiger partial charge in [0.2, 0.25) is 0 Å². The molecule has 0 atom stereocenters. The number of ether oxygens (including phenoxy) is 1. The van der Waals surface area contributed by atoms with Crippen molar-refractivity contribution in [3.05, 3.63) is 118 Å². The standard InChI is InChI=1S/C25H36N2O3S.C21H27N2.2ClH.Ru/c1-6-8-16-27(17-9-7-2)31(28,29)23-15-14-22(21(5)18-23)19-26-24-12-10-11-13-25(24)30-20(3)4;1-14-9-16(3)20(17(4)10-14)22-7-8-23(13-22)21-18(5)11-15(2)12-19(21)6;;;/h5,10-15,18,20,26H,6-9,16-17,19H2,1-4H3;9-13H,7-8H2,1-6H3;2*1H;/q;-1;;;+2/p-1. The molecular weight excluding hydrogens is 861 g/mol. The smallest absolute Gasteiger partial charge is 0.0146 e. The maximum atomic E-state index is 13.4. The second kappa shape index (κ2) is 21.9. The number of sulfonamides is 1. The number of aryl methyl sites for hydroxylation is 6. The molecule has 0 bridgehead atoms. The van der Waals surface area contributed by atoms with Gasteiger partial charge < -0.3 is 9.80 Å². The number of halogens is 2. The minimum Gasteiger partial charge on any atom is -0.502 e. The molecular formula is C46H64Cl2N4O3RuS. The van der Waals surface area contributed by atoms with Crippen LogP contribution in [0.25, 0.3) is 0 Å². The molecule has 1 fully saturated rings. The Hall–Kier alpha value is -2.94. The fourth-order valence-electron chi connectivity index (χ4n) is 7.54. The maximum Gasteiger partial charge on any atom is 0.0146 e. The molecule has 0 saturated carbocycles. The minimum absolute atomic E-state index is 0.180. The van der Waals surface area contributed by atoms with E-state index in [0.29, 0.717) is 19.6 Å². The van der Waals surface area contributed by atoms with Crippen molar-refractivity contribution in [1.82, 2.24) is 4.31 Å². The van der Waals surface area contributed by atoms with E-state index in [-0.39, 0.29) is 11.0 Å². The van der Waals surface area contributed by atoms with E-state index in [0.717, 1.165) is 61.3 Å². The first-order valence-electron chi connectivity index (χ1n) is 20.1. The van der Waals surface area contributed by atoms with Crippen LogP contribution in [0, 0.1) is 48.2 Å². The van der Waals surface area contributed by atoms with Crippen LogP contribution in [-0.4, -0.2) is 54.4 Å². The number of aromatic hydroxyl groups is 1. The molecule has 5 rings (SSSR count). The molecule has 0 unspecified atom stereocenters. The molecule has 0 amide bonds. The van der Waals surface area contributed by atoms with E-state index in [9.17, 15) is 8.42 Å². The molecule has 0 spiro atoms. The quantitative estimate of drug-likeness (QED) is 0.0525. The minimum atomic E-state index is -3.60. The van der Waals surface area contributed by atoms with Crippen LogP contribution in [0.15, 0.2) is 71.6 Å². The van der Waals surface area contributed by atoms with Crippen LogP contribution in [-0.2, 0) is 30.1 Å². The van der Waals surface area contributed by atoms with E-state index in [1.807, 2.05) is 48.8 Å². The fraction of sp³-hybridized carbons (Fsp3) is 0.435. The summed E-state index contributed by atoms with van der Waals surface area (Å²) in [5, 5.41) is 3.44. The average Bonchev–Trinajstić information content (AvgIpc) is 3.59. The molecule has 314 valence electrons. The Labute approximate surface area is 357 Å². The van der Waals surface area contributed by atoms with Gasteiger partial charge in [-0.15, -0.1) is 0 Å². The van der Waals surface area contributed by atoms with E-state index in [2.05, 4.69) is 106 Å². The van der Waals surface area contributed by atoms with Crippen molar-refractivity contribution in [2.24, 2.45) is 0 Å². The van der Waals surface area contributed by atoms with Gasteiger partial charge in [-0.1, -0.05) is 35.4 Å². The summed E-state index contributed by atoms with van der Waals surface area (Å²) in [7, 11) is 8.82. The Kier molecular flexibility index (Phi) is 18.0. The monoisotopic (exact) mass is 924 g/mol. The van der Waals surface area contributed by atoms with Gasteiger partial charge >= 0.3 is 219 Å². The zero-order valence-electron chi connectivity index (χ0n) is 35.6. The van der Waals surface area contributed by atoms with Gasteiger partial charge in [0.15, 0.2) is 0 Å². The van der Waals surface area contributed by atoms with E-state index in [1.54, 1.807) is 16.4 Å². The second-order valence-corrected chi connectivity index (χ2v) is 23.0. The second-order valence-electron chi connectivity index (χ2n) is 15.4. The first kappa shape index (κ1) is 46.7. The van der Waals surface area contributed by atoms with Crippen molar-refractivity contribution < 1.29 is 26.7 Å². The summed E-state index contributed by atoms with van der Waals surface area (Å²) >= 11 is -2.17. The summed E-state index contributed by atoms with van der Waals surface area (Å²) in [5.74, 6) is 0.895. The Bertz CT molecular complexity index is 1990. The molecule has 1 aliphatic rings. The van der Waals surface area contributed by atoms with Gasteiger partial charge in [0, 0.05) is 24.5 Å². The number of nitrogens with one attached hydrogen (secondary N) is 1. The number of aliphatic hydroxyl groups is 1. The maximum absolute atomic E-state index is 13.4. The number of benzene rings is 4. The van der Waals surface area contributed by atoms with Gasteiger partial charge in [0.05, 0.1) is 0 Å². The van der Waals surface area contributed by atoms with Crippen LogP contribution in [0.5, 0.6) is 5.75 Å². The van der Waals surface area contributed by atoms with E-state index in [4.69, 9.17) is 19.4 Å². The van der Waals surface area contributed by atoms with Crippen LogP contribution >= 0.6 is 19.4 Å². The van der Waals surface area contributed by atoms with Gasteiger partial charge in [-0.25, -0.2) is 0 Å². The molecule has 4 aromatic rings. The number of hydrogen-bond donors (Lipinski definition) is 1. The summed E-state index contributed by atoms with van der Waals surface area (Å²) < 4.78 is 35.0. The zero-order chi connectivity index (χ0) is 41.9. The molecule has 7 nitrogen and oxygen atoms in total. The van der Waals surface area contributed by atoms with Crippen molar-refractivity contribution >= 4 is 51.1 Å². The number of para-hydroxylation sites is 2. The first-order chi connectivity index (χ1) is 27.0. The molecule has 2 N–H and O–H groups in total. The largest absolute Gasteiger partial charge is 0.502 e. The number of anilines is 3. The molecule has 0 aromatic heterocycles. The van der Waals surface area contributed by atoms with Crippen molar-refractivity contribution in [2.45, 2.75) is 112 Å². The number of hydrogen-bond acceptors (Lipinski definition) is 5. The Morgan fingerprint density at radius 2 is 1.32 bits per heavy atom. The van der Waals surface area contributed by atoms with Gasteiger partial charge in [0.1, 0.15) is 0 Å². The van der Waals surface area contributed by atoms with Crippen molar-refractivity contribution in [3.63, 3.8) is 0 Å². The van der Waals surface area contributed by atoms with E-state index in [1.165, 1.54) is 44.8 Å². The van der Waals surface area contributed by atoms with Gasteiger partial charge in [0.25, 0.3) is 0 Å². The summed E-state index contributed by atoms with van der Waals surface area (Å²) in [6, 6.07) is 22.3. The zero-order valence-corrected chi connectivity index (χ0v) is 39.6. The third-order valence-corrected chi connectivity index (χ3v) is 13.7. The first-order valence-corrected chi connectivity index (χ1v) is 27.0. The fourth-order valence-corrected chi connectivity index (χ4v) is 10.9. The van der Waals surface area contributed by atoms with Crippen LogP contribution in [0.2, 0.25) is 0 Å². The Balaban J connectivity index is 0.000000271. The van der Waals surface area contributed by atoms with Gasteiger partial charge in [-0.05, 0) is 63.8 Å². The Morgan fingerprint density at radius 3 is 1.79 bits per heavy atom. The summed E-state index contributed by atoms with van der Waals surface area (Å²) in [5.41, 5.74) is 13.5. The molecule has 1 aliphatic heterocycles. The van der Waals surface area contributed by atoms with E-state index < -0.39 is 23.5 Å². The molecule has 4 aromatic carbocycles. The van der Waals surface area contributed by atoms with Crippen molar-refractivity contribution in [3.8, 4) is 5.75 Å². The molecule has 1 saturated heterocycles. The Morgan fingerprint density at radius 1 is 0.807 bits per heavy atom. The number of rotatable bonds is 16. The molecule has 11 heteroatoms. The summed E-state index contributed by atoms with van der Waals surface area (Å²) in [6.45, 7) is 27.3. The third kappa shape index (κ3) is 13.0. The summed E-state index contributed by atoms with van der Waals surface area (Å²) in [4.78, 5) is 5.10. The topological polar surface area (TPSA) is 68.7 Å². The number of nitrogens with zero attached hydrogens (tertiary/aromatic N) is 3. The van der Waals surface area contributed by atoms with Gasteiger partial charge in [-0.3, -0.25) is 0 Å². The molecule has 1 heterocycles. The number of unbranched alkanes of at least 4 members (excludes halogenated alkanes) is 2. The molecule has 0 aliphatic carbocycles. The van der Waals surface area contributed by atoms with Crippen LogP contribution in [0.4, 0.5) is 17.1 Å². The van der Waals surface area contributed by atoms with Crippen LogP contribution < -0.4 is 15.1 Å². The van der Waals surface area contributed by atoms with Gasteiger partial charge in [-0.2, -0.15) is 6.67 Å². The average molecular weight is 925 g/mol. The van der Waals surface area contributed by atoms with E-state index >= 15 is 0 Å². The predicted molar refractivity (Wildman–Crippen MR) is 243 cm³/mol. The molecule has 57 heavy (non-hydrogen) atoms. The third-order valence-electron chi connectivity index (χ3n) is 9.94. The predicted octanol–water partition coefficient (Wildman–Crippen LogP) is 11.6. The van der Waals surface area contributed by atoms with Crippen molar-refractivity contribution in [1.29, 1.82) is 0 Å².